The van der Waals surface area contributed by atoms with E-state index in [0.717, 1.165) is 28.1 Å². The first-order valence-corrected chi connectivity index (χ1v) is 11.2. The number of nitriles is 1. The van der Waals surface area contributed by atoms with Crippen molar-refractivity contribution in [1.29, 1.82) is 5.26 Å². The van der Waals surface area contributed by atoms with Gasteiger partial charge in [0, 0.05) is 42.3 Å². The summed E-state index contributed by atoms with van der Waals surface area (Å²) in [4.78, 5) is 23.6. The van der Waals surface area contributed by atoms with E-state index in [4.69, 9.17) is 10.00 Å². The number of rotatable bonds is 9. The van der Waals surface area contributed by atoms with Crippen LogP contribution in [0.15, 0.2) is 91.3 Å². The highest BCUT2D eigenvalue weighted by molar-refractivity contribution is 5.94. The van der Waals surface area contributed by atoms with E-state index in [1.807, 2.05) is 66.7 Å². The predicted molar refractivity (Wildman–Crippen MR) is 135 cm³/mol. The molecule has 0 aliphatic rings. The maximum Gasteiger partial charge on any atom is 0.254 e. The Kier molecular flexibility index (Phi) is 7.66. The molecule has 1 aromatic heterocycles. The van der Waals surface area contributed by atoms with Gasteiger partial charge in [-0.2, -0.15) is 5.26 Å². The third-order valence-electron chi connectivity index (χ3n) is 5.46. The fourth-order valence-corrected chi connectivity index (χ4v) is 3.57. The number of hydrogen-bond donors (Lipinski definition) is 1. The van der Waals surface area contributed by atoms with Gasteiger partial charge in [0.15, 0.2) is 0 Å². The minimum Gasteiger partial charge on any atom is -0.497 e. The van der Waals surface area contributed by atoms with Crippen molar-refractivity contribution in [2.45, 2.75) is 13.0 Å². The SMILES string of the molecule is COc1ccc(-c2cnc(Nc3ccc(C(=O)N(CCC#N)Cc4ccccc4)cc3)nc2)cc1. The van der Waals surface area contributed by atoms with E-state index in [2.05, 4.69) is 21.4 Å². The molecule has 0 spiro atoms. The van der Waals surface area contributed by atoms with Crippen molar-refractivity contribution in [1.82, 2.24) is 14.9 Å². The maximum atomic E-state index is 13.1. The Morgan fingerprint density at radius 3 is 2.26 bits per heavy atom. The molecule has 1 N–H and O–H groups in total. The summed E-state index contributed by atoms with van der Waals surface area (Å²) >= 11 is 0. The molecule has 0 unspecified atom stereocenters. The van der Waals surface area contributed by atoms with Crippen molar-refractivity contribution in [3.05, 3.63) is 102 Å². The zero-order valence-corrected chi connectivity index (χ0v) is 19.4. The van der Waals surface area contributed by atoms with Gasteiger partial charge in [-0.25, -0.2) is 9.97 Å². The molecular weight excluding hydrogens is 438 g/mol. The van der Waals surface area contributed by atoms with Crippen LogP contribution in [-0.2, 0) is 6.54 Å². The van der Waals surface area contributed by atoms with Crippen molar-refractivity contribution in [2.24, 2.45) is 0 Å². The van der Waals surface area contributed by atoms with E-state index >= 15 is 0 Å². The average molecular weight is 464 g/mol. The molecule has 0 bridgehead atoms. The van der Waals surface area contributed by atoms with Crippen LogP contribution >= 0.6 is 0 Å². The normalized spacial score (nSPS) is 10.3. The van der Waals surface area contributed by atoms with Crippen LogP contribution in [0.1, 0.15) is 22.3 Å². The second-order valence-electron chi connectivity index (χ2n) is 7.85. The number of ether oxygens (including phenoxy) is 1. The van der Waals surface area contributed by atoms with Crippen molar-refractivity contribution in [3.8, 4) is 22.9 Å². The first-order chi connectivity index (χ1) is 17.2. The van der Waals surface area contributed by atoms with E-state index in [0.29, 0.717) is 24.6 Å². The van der Waals surface area contributed by atoms with Crippen LogP contribution in [0, 0.1) is 11.3 Å². The van der Waals surface area contributed by atoms with Gasteiger partial charge >= 0.3 is 0 Å². The Labute approximate surface area is 204 Å². The quantitative estimate of drug-likeness (QED) is 0.355. The molecule has 0 aliphatic heterocycles. The molecule has 0 aliphatic carbocycles. The third-order valence-corrected chi connectivity index (χ3v) is 5.46. The summed E-state index contributed by atoms with van der Waals surface area (Å²) in [6.07, 6.45) is 3.79. The zero-order chi connectivity index (χ0) is 24.5. The Morgan fingerprint density at radius 2 is 1.63 bits per heavy atom. The van der Waals surface area contributed by atoms with Crippen LogP contribution in [-0.4, -0.2) is 34.4 Å². The Balaban J connectivity index is 1.41. The van der Waals surface area contributed by atoms with Gasteiger partial charge in [-0.05, 0) is 47.5 Å². The lowest BCUT2D eigenvalue weighted by atomic mass is 10.1. The molecule has 0 fully saturated rings. The van der Waals surface area contributed by atoms with Crippen molar-refractivity contribution >= 4 is 17.5 Å². The van der Waals surface area contributed by atoms with E-state index in [-0.39, 0.29) is 12.3 Å². The number of nitrogens with one attached hydrogen (secondary N) is 1. The van der Waals surface area contributed by atoms with Crippen molar-refractivity contribution in [2.75, 3.05) is 19.0 Å². The average Bonchev–Trinajstić information content (AvgIpc) is 2.92. The molecule has 35 heavy (non-hydrogen) atoms. The van der Waals surface area contributed by atoms with Crippen LogP contribution in [0.5, 0.6) is 5.75 Å². The molecular formula is C28H25N5O2. The molecule has 7 nitrogen and oxygen atoms in total. The molecule has 0 saturated carbocycles. The van der Waals surface area contributed by atoms with Gasteiger partial charge < -0.3 is 15.0 Å². The van der Waals surface area contributed by atoms with Crippen LogP contribution in [0.4, 0.5) is 11.6 Å². The third kappa shape index (κ3) is 6.21. The minimum absolute atomic E-state index is 0.115. The topological polar surface area (TPSA) is 91.1 Å². The van der Waals surface area contributed by atoms with E-state index in [1.165, 1.54) is 0 Å². The first-order valence-electron chi connectivity index (χ1n) is 11.2. The number of benzene rings is 3. The van der Waals surface area contributed by atoms with Crippen LogP contribution in [0.3, 0.4) is 0 Å². The molecule has 3 aromatic carbocycles. The molecule has 0 radical (unpaired) electrons. The predicted octanol–water partition coefficient (Wildman–Crippen LogP) is 5.45. The highest BCUT2D eigenvalue weighted by Crippen LogP contribution is 2.22. The van der Waals surface area contributed by atoms with Crippen LogP contribution in [0.2, 0.25) is 0 Å². The molecule has 1 amide bonds. The lowest BCUT2D eigenvalue weighted by Crippen LogP contribution is -2.31. The lowest BCUT2D eigenvalue weighted by Gasteiger charge is -2.22. The van der Waals surface area contributed by atoms with E-state index < -0.39 is 0 Å². The van der Waals surface area contributed by atoms with Gasteiger partial charge in [0.05, 0.1) is 19.6 Å². The molecule has 0 saturated heterocycles. The van der Waals surface area contributed by atoms with E-state index in [1.54, 1.807) is 36.5 Å². The summed E-state index contributed by atoms with van der Waals surface area (Å²) in [5.41, 5.74) is 4.24. The largest absolute Gasteiger partial charge is 0.497 e. The number of amides is 1. The first kappa shape index (κ1) is 23.5. The molecule has 0 atom stereocenters. The molecule has 7 heteroatoms. The Bertz CT molecular complexity index is 1280. The zero-order valence-electron chi connectivity index (χ0n) is 19.4. The number of aromatic nitrogens is 2. The van der Waals surface area contributed by atoms with Gasteiger partial charge in [-0.3, -0.25) is 4.79 Å². The van der Waals surface area contributed by atoms with Gasteiger partial charge in [-0.1, -0.05) is 42.5 Å². The minimum atomic E-state index is -0.115. The van der Waals surface area contributed by atoms with Crippen LogP contribution < -0.4 is 10.1 Å². The number of hydrogen-bond acceptors (Lipinski definition) is 6. The fourth-order valence-electron chi connectivity index (χ4n) is 3.57. The van der Waals surface area contributed by atoms with Gasteiger partial charge in [0.2, 0.25) is 5.95 Å². The monoisotopic (exact) mass is 463 g/mol. The molecule has 1 heterocycles. The summed E-state index contributed by atoms with van der Waals surface area (Å²) in [5.74, 6) is 1.14. The second kappa shape index (κ2) is 11.4. The number of carbonyl (C=O) groups excluding carboxylic acids is 1. The van der Waals surface area contributed by atoms with Gasteiger partial charge in [0.25, 0.3) is 5.91 Å². The number of methoxy groups -OCH3 is 1. The number of nitrogens with zero attached hydrogens (tertiary/aromatic N) is 4. The summed E-state index contributed by atoms with van der Waals surface area (Å²) in [6, 6.07) is 26.7. The van der Waals surface area contributed by atoms with Crippen molar-refractivity contribution < 1.29 is 9.53 Å². The Morgan fingerprint density at radius 1 is 0.943 bits per heavy atom. The summed E-state index contributed by atoms with van der Waals surface area (Å²) in [5, 5.41) is 12.2. The van der Waals surface area contributed by atoms with Crippen LogP contribution in [0.25, 0.3) is 11.1 Å². The van der Waals surface area contributed by atoms with Gasteiger partial charge in [0.1, 0.15) is 5.75 Å². The lowest BCUT2D eigenvalue weighted by molar-refractivity contribution is 0.0747. The van der Waals surface area contributed by atoms with Crippen molar-refractivity contribution in [3.63, 3.8) is 0 Å². The summed E-state index contributed by atoms with van der Waals surface area (Å²) in [7, 11) is 1.64. The number of carbonyl (C=O) groups is 1. The highest BCUT2D eigenvalue weighted by Gasteiger charge is 2.16. The van der Waals surface area contributed by atoms with Gasteiger partial charge in [-0.15, -0.1) is 0 Å². The molecule has 4 aromatic rings. The smallest absolute Gasteiger partial charge is 0.254 e. The standard InChI is InChI=1S/C28H25N5O2/c1-35-26-14-10-22(11-15-26)24-18-30-28(31-19-24)32-25-12-8-23(9-13-25)27(34)33(17-5-16-29)20-21-6-3-2-4-7-21/h2-4,6-15,18-19H,5,17,20H2,1H3,(H,30,31,32). The van der Waals surface area contributed by atoms with E-state index in [9.17, 15) is 4.79 Å². The molecule has 174 valence electrons. The maximum absolute atomic E-state index is 13.1. The fraction of sp³-hybridized carbons (Fsp3) is 0.143. The summed E-state index contributed by atoms with van der Waals surface area (Å²) < 4.78 is 5.19. The summed E-state index contributed by atoms with van der Waals surface area (Å²) in [6.45, 7) is 0.828. The highest BCUT2D eigenvalue weighted by atomic mass is 16.5. The number of anilines is 2. The Hall–Kier alpha value is -4.70. The second-order valence-corrected chi connectivity index (χ2v) is 7.85. The molecule has 4 rings (SSSR count).